The number of fused-ring (bicyclic) bond motifs is 2. The van der Waals surface area contributed by atoms with Crippen LogP contribution in [0.5, 0.6) is 5.75 Å². The quantitative estimate of drug-likeness (QED) is 0.260. The summed E-state index contributed by atoms with van der Waals surface area (Å²) >= 11 is 18.7. The van der Waals surface area contributed by atoms with Crippen LogP contribution in [0.4, 0.5) is 5.69 Å². The van der Waals surface area contributed by atoms with E-state index in [2.05, 4.69) is 84.6 Å². The number of alkyl halides is 1. The molecule has 262 valence electrons. The first-order valence-electron chi connectivity index (χ1n) is 17.1. The predicted molar refractivity (Wildman–Crippen MR) is 212 cm³/mol. The van der Waals surface area contributed by atoms with Gasteiger partial charge in [-0.05, 0) is 107 Å². The zero-order valence-corrected chi connectivity index (χ0v) is 37.3. The second-order valence-corrected chi connectivity index (χ2v) is 18.4. The molecule has 0 bridgehead atoms. The van der Waals surface area contributed by atoms with Crippen LogP contribution in [0.15, 0.2) is 61.6 Å². The number of phenolic OH excluding ortho intramolecular Hbond substituents is 1. The van der Waals surface area contributed by atoms with Crippen molar-refractivity contribution in [2.24, 2.45) is 14.8 Å². The molecular formula is C40H51Br2Cl2N2OW-. The molecule has 1 heterocycles. The van der Waals surface area contributed by atoms with Crippen molar-refractivity contribution >= 4 is 70.7 Å². The Kier molecular flexibility index (Phi) is 16.8. The fourth-order valence-electron chi connectivity index (χ4n) is 6.12. The normalized spacial score (nSPS) is 18.3. The van der Waals surface area contributed by atoms with Gasteiger partial charge in [-0.3, -0.25) is 0 Å². The van der Waals surface area contributed by atoms with E-state index < -0.39 is 17.9 Å². The maximum atomic E-state index is 11.0. The zero-order chi connectivity index (χ0) is 35.6. The molecule has 6 rings (SSSR count). The van der Waals surface area contributed by atoms with Gasteiger partial charge in [-0.25, -0.2) is 0 Å². The minimum Gasteiger partial charge on any atom is -0.665 e. The fraction of sp³-hybridized carbons (Fsp3) is 0.475. The van der Waals surface area contributed by atoms with E-state index in [1.807, 2.05) is 58.0 Å². The number of phenols is 1. The van der Waals surface area contributed by atoms with Crippen LogP contribution in [0.25, 0.3) is 5.57 Å². The average Bonchev–Trinajstić information content (AvgIpc) is 3.43. The number of benzene rings is 2. The molecule has 3 nitrogen and oxygen atoms in total. The topological polar surface area (TPSA) is 46.7 Å². The average molecular weight is 990 g/mol. The molecule has 1 saturated carbocycles. The van der Waals surface area contributed by atoms with Crippen molar-refractivity contribution in [3.8, 4) is 5.75 Å². The van der Waals surface area contributed by atoms with Gasteiger partial charge in [0.05, 0.1) is 4.47 Å². The SMILES string of the molecule is CC.CC(C)(C)[CH]=[W]=[N]c1c(Cl)cccc1Cl.C[C@@H]1C(c2c(O)c(Br)cc3c2CCCC3)=C2CCCCC2=C[C@@H]1Br.Cc1ccc(C)[n-]1. The van der Waals surface area contributed by atoms with Crippen LogP contribution in [-0.4, -0.2) is 14.3 Å². The molecule has 48 heavy (non-hydrogen) atoms. The molecule has 1 aromatic heterocycles. The summed E-state index contributed by atoms with van der Waals surface area (Å²) in [5.41, 5.74) is 11.6. The summed E-state index contributed by atoms with van der Waals surface area (Å²) in [6, 6.07) is 11.6. The Bertz CT molecular complexity index is 1640. The van der Waals surface area contributed by atoms with Gasteiger partial charge in [0.15, 0.2) is 0 Å². The third-order valence-corrected chi connectivity index (χ3v) is 14.6. The summed E-state index contributed by atoms with van der Waals surface area (Å²) in [6.07, 6.45) is 12.1. The Balaban J connectivity index is 0.000000222. The molecule has 0 unspecified atom stereocenters. The molecule has 3 aromatic rings. The number of aryl methyl sites for hydroxylation is 3. The minimum atomic E-state index is -0.850. The molecule has 8 heteroatoms. The molecule has 0 radical (unpaired) electrons. The Morgan fingerprint density at radius 2 is 1.52 bits per heavy atom. The van der Waals surface area contributed by atoms with Crippen LogP contribution in [0.2, 0.25) is 10.0 Å². The minimum absolute atomic E-state index is 0.238. The number of nitrogens with zero attached hydrogens (tertiary/aromatic N) is 2. The van der Waals surface area contributed by atoms with Gasteiger partial charge >= 0.3 is 109 Å². The van der Waals surface area contributed by atoms with Crippen molar-refractivity contribution in [1.82, 2.24) is 4.98 Å². The number of rotatable bonds is 2. The van der Waals surface area contributed by atoms with Gasteiger partial charge in [-0.15, -0.1) is 0 Å². The van der Waals surface area contributed by atoms with Crippen molar-refractivity contribution in [1.29, 1.82) is 0 Å². The van der Waals surface area contributed by atoms with E-state index >= 15 is 0 Å². The molecule has 2 atom stereocenters. The molecule has 0 aliphatic heterocycles. The van der Waals surface area contributed by atoms with Crippen LogP contribution in [0, 0.1) is 25.2 Å². The monoisotopic (exact) mass is 987 g/mol. The van der Waals surface area contributed by atoms with Crippen molar-refractivity contribution in [3.05, 3.63) is 96.2 Å². The third-order valence-electron chi connectivity index (χ3n) is 8.38. The van der Waals surface area contributed by atoms with E-state index in [1.54, 1.807) is 0 Å². The van der Waals surface area contributed by atoms with Crippen LogP contribution in [0.1, 0.15) is 108 Å². The molecule has 2 aromatic carbocycles. The van der Waals surface area contributed by atoms with Crippen LogP contribution in [0.3, 0.4) is 0 Å². The summed E-state index contributed by atoms with van der Waals surface area (Å²) < 4.78 is 7.69. The van der Waals surface area contributed by atoms with Gasteiger partial charge in [0, 0.05) is 10.4 Å². The van der Waals surface area contributed by atoms with Crippen molar-refractivity contribution in [3.63, 3.8) is 0 Å². The second-order valence-electron chi connectivity index (χ2n) is 13.4. The smallest absolute Gasteiger partial charge is 0.137 e. The standard InChI is InChI=1S/C21H24Br2O.C6H3Cl2N.C6H8N.C5H10.C2H6.W/c1-12-17(22)10-13-6-2-4-8-15(13)19(12)20-16-9-5-3-7-14(16)11-18(23)21(20)24;7-4-2-1-3-5(8)6(4)9;1-5-3-4-6(2)7-5;1-5(2,3)4;1-2;/h10-12,17,24H,2-9H2,1H3;1-3H;3-4H,1-2H3;1H,2-4H3;1-2H3;/q;;-1;;;/t12-,17-;;;;;/m0...../s1. The summed E-state index contributed by atoms with van der Waals surface area (Å²) in [5.74, 6) is 0.851. The van der Waals surface area contributed by atoms with Gasteiger partial charge in [0.1, 0.15) is 5.75 Å². The van der Waals surface area contributed by atoms with Gasteiger partial charge in [-0.2, -0.15) is 11.4 Å². The zero-order valence-electron chi connectivity index (χ0n) is 29.7. The summed E-state index contributed by atoms with van der Waals surface area (Å²) in [7, 11) is 0. The van der Waals surface area contributed by atoms with Crippen molar-refractivity contribution in [2.75, 3.05) is 0 Å². The number of aromatic hydroxyl groups is 1. The van der Waals surface area contributed by atoms with E-state index in [0.29, 0.717) is 26.5 Å². The molecule has 3 aliphatic carbocycles. The third kappa shape index (κ3) is 11.5. The number of halogens is 4. The summed E-state index contributed by atoms with van der Waals surface area (Å²) in [4.78, 5) is 4.47. The molecule has 3 aliphatic rings. The first-order chi connectivity index (χ1) is 22.8. The first kappa shape index (κ1) is 41.3. The van der Waals surface area contributed by atoms with Crippen LogP contribution >= 0.6 is 55.1 Å². The van der Waals surface area contributed by atoms with Crippen molar-refractivity contribution < 1.29 is 23.0 Å². The van der Waals surface area contributed by atoms with Crippen molar-refractivity contribution in [2.45, 2.75) is 112 Å². The molecule has 1 N–H and O–H groups in total. The molecular weight excluding hydrogens is 939 g/mol. The largest absolute Gasteiger partial charge is 0.665 e. The van der Waals surface area contributed by atoms with Crippen LogP contribution < -0.4 is 4.98 Å². The molecule has 0 amide bonds. The summed E-state index contributed by atoms with van der Waals surface area (Å²) in [6.45, 7) is 16.8. The summed E-state index contributed by atoms with van der Waals surface area (Å²) in [5, 5.41) is 12.3. The Hall–Kier alpha value is -1.10. The number of hydrogen-bond donors (Lipinski definition) is 1. The molecule has 0 spiro atoms. The van der Waals surface area contributed by atoms with E-state index in [4.69, 9.17) is 23.2 Å². The van der Waals surface area contributed by atoms with Gasteiger partial charge < -0.3 is 10.1 Å². The maximum absolute atomic E-state index is 11.0. The van der Waals surface area contributed by atoms with Gasteiger partial charge in [0.2, 0.25) is 0 Å². The van der Waals surface area contributed by atoms with Crippen LogP contribution in [-0.2, 0) is 30.8 Å². The van der Waals surface area contributed by atoms with E-state index in [0.717, 1.165) is 46.4 Å². The van der Waals surface area contributed by atoms with E-state index in [-0.39, 0.29) is 5.41 Å². The van der Waals surface area contributed by atoms with Gasteiger partial charge in [-0.1, -0.05) is 68.8 Å². The molecule has 1 fully saturated rings. The Morgan fingerprint density at radius 3 is 2.10 bits per heavy atom. The number of aromatic nitrogens is 1. The van der Waals surface area contributed by atoms with Gasteiger partial charge in [0.25, 0.3) is 0 Å². The Morgan fingerprint density at radius 1 is 0.938 bits per heavy atom. The number of hydrogen-bond acceptors (Lipinski definition) is 2. The van der Waals surface area contributed by atoms with E-state index in [1.165, 1.54) is 60.0 Å². The predicted octanol–water partition coefficient (Wildman–Crippen LogP) is 13.7. The Labute approximate surface area is 324 Å². The first-order valence-corrected chi connectivity index (χ1v) is 22.6. The van der Waals surface area contributed by atoms with E-state index in [9.17, 15) is 5.11 Å². The molecule has 0 saturated heterocycles. The second kappa shape index (κ2) is 19.5. The fourth-order valence-corrected chi connectivity index (χ4v) is 10.5. The number of allylic oxidation sites excluding steroid dienone is 4. The maximum Gasteiger partial charge on any atom is 0.137 e.